The number of hydrogen-bond donors (Lipinski definition) is 1. The summed E-state index contributed by atoms with van der Waals surface area (Å²) in [6, 6.07) is 0.602. The Morgan fingerprint density at radius 3 is 2.45 bits per heavy atom. The lowest BCUT2D eigenvalue weighted by atomic mass is 9.81. The van der Waals surface area contributed by atoms with Crippen LogP contribution in [0.2, 0.25) is 0 Å². The van der Waals surface area contributed by atoms with Gasteiger partial charge in [0.05, 0.1) is 12.7 Å². The molecule has 0 spiro atoms. The molecule has 2 rings (SSSR count). The van der Waals surface area contributed by atoms with Crippen molar-refractivity contribution in [3.63, 3.8) is 0 Å². The van der Waals surface area contributed by atoms with Gasteiger partial charge in [0, 0.05) is 31.2 Å². The fourth-order valence-electron chi connectivity index (χ4n) is 3.54. The van der Waals surface area contributed by atoms with E-state index in [2.05, 4.69) is 51.8 Å². The van der Waals surface area contributed by atoms with Crippen molar-refractivity contribution < 1.29 is 4.74 Å². The maximum absolute atomic E-state index is 5.79. The predicted octanol–water partition coefficient (Wildman–Crippen LogP) is 2.90. The molecule has 118 valence electrons. The summed E-state index contributed by atoms with van der Waals surface area (Å²) in [4.78, 5) is 2.68. The number of hydrogen-bond acceptors (Lipinski definition) is 3. The highest BCUT2D eigenvalue weighted by Gasteiger charge is 2.47. The molecular formula is C17H34N2O. The third kappa shape index (κ3) is 3.96. The molecule has 2 fully saturated rings. The van der Waals surface area contributed by atoms with E-state index < -0.39 is 0 Å². The topological polar surface area (TPSA) is 24.5 Å². The van der Waals surface area contributed by atoms with E-state index in [0.717, 1.165) is 25.6 Å². The fraction of sp³-hybridized carbons (Fsp3) is 1.00. The van der Waals surface area contributed by atoms with Crippen LogP contribution in [0.15, 0.2) is 0 Å². The van der Waals surface area contributed by atoms with Gasteiger partial charge in [0.1, 0.15) is 0 Å². The Bertz CT molecular complexity index is 319. The van der Waals surface area contributed by atoms with Gasteiger partial charge < -0.3 is 10.1 Å². The van der Waals surface area contributed by atoms with Crippen LogP contribution in [0.25, 0.3) is 0 Å². The van der Waals surface area contributed by atoms with E-state index >= 15 is 0 Å². The molecule has 3 heteroatoms. The molecule has 0 bridgehead atoms. The molecule has 2 unspecified atom stereocenters. The van der Waals surface area contributed by atoms with Crippen molar-refractivity contribution in [2.24, 2.45) is 11.3 Å². The Morgan fingerprint density at radius 2 is 1.95 bits per heavy atom. The lowest BCUT2D eigenvalue weighted by molar-refractivity contribution is -0.0108. The number of ether oxygens (including phenoxy) is 1. The van der Waals surface area contributed by atoms with Crippen LogP contribution < -0.4 is 5.32 Å². The number of nitrogens with zero attached hydrogens (tertiary/aromatic N) is 1. The van der Waals surface area contributed by atoms with E-state index in [-0.39, 0.29) is 0 Å². The van der Waals surface area contributed by atoms with Crippen molar-refractivity contribution in [3.8, 4) is 0 Å². The highest BCUT2D eigenvalue weighted by molar-refractivity contribution is 5.05. The predicted molar refractivity (Wildman–Crippen MR) is 85.0 cm³/mol. The maximum Gasteiger partial charge on any atom is 0.0597 e. The van der Waals surface area contributed by atoms with E-state index in [0.29, 0.717) is 23.1 Å². The van der Waals surface area contributed by atoms with Crippen LogP contribution in [0.3, 0.4) is 0 Å². The van der Waals surface area contributed by atoms with E-state index in [4.69, 9.17) is 4.74 Å². The van der Waals surface area contributed by atoms with Crippen LogP contribution in [-0.2, 0) is 4.74 Å². The summed E-state index contributed by atoms with van der Waals surface area (Å²) in [7, 11) is 0. The average molecular weight is 282 g/mol. The third-order valence-corrected chi connectivity index (χ3v) is 4.98. The monoisotopic (exact) mass is 282 g/mol. The summed E-state index contributed by atoms with van der Waals surface area (Å²) in [5.74, 6) is 0.886. The summed E-state index contributed by atoms with van der Waals surface area (Å²) >= 11 is 0. The van der Waals surface area contributed by atoms with Crippen LogP contribution >= 0.6 is 0 Å². The van der Waals surface area contributed by atoms with Crippen molar-refractivity contribution in [1.82, 2.24) is 10.2 Å². The summed E-state index contributed by atoms with van der Waals surface area (Å²) in [6.45, 7) is 17.9. The van der Waals surface area contributed by atoms with Gasteiger partial charge in [0.15, 0.2) is 0 Å². The Labute approximate surface area is 125 Å². The van der Waals surface area contributed by atoms with Crippen molar-refractivity contribution in [3.05, 3.63) is 0 Å². The second-order valence-electron chi connectivity index (χ2n) is 8.34. The van der Waals surface area contributed by atoms with Gasteiger partial charge in [-0.3, -0.25) is 4.90 Å². The van der Waals surface area contributed by atoms with E-state index in [1.807, 2.05) is 0 Å². The average Bonchev–Trinajstić information content (AvgIpc) is 3.10. The van der Waals surface area contributed by atoms with E-state index in [1.165, 1.54) is 19.4 Å². The highest BCUT2D eigenvalue weighted by Crippen LogP contribution is 2.42. The molecule has 1 saturated heterocycles. The number of nitrogens with one attached hydrogen (secondary N) is 1. The van der Waals surface area contributed by atoms with Crippen LogP contribution in [0.4, 0.5) is 0 Å². The molecule has 2 aliphatic rings. The molecular weight excluding hydrogens is 248 g/mol. The quantitative estimate of drug-likeness (QED) is 0.839. The molecule has 3 nitrogen and oxygen atoms in total. The zero-order valence-corrected chi connectivity index (χ0v) is 14.3. The lowest BCUT2D eigenvalue weighted by Gasteiger charge is -2.51. The molecule has 0 aromatic heterocycles. The van der Waals surface area contributed by atoms with Gasteiger partial charge in [0.2, 0.25) is 0 Å². The first-order chi connectivity index (χ1) is 9.22. The Balaban J connectivity index is 1.98. The number of piperazine rings is 1. The maximum atomic E-state index is 5.79. The Kier molecular flexibility index (Phi) is 4.83. The zero-order valence-electron chi connectivity index (χ0n) is 14.3. The molecule has 1 N–H and O–H groups in total. The van der Waals surface area contributed by atoms with E-state index in [1.54, 1.807) is 0 Å². The highest BCUT2D eigenvalue weighted by atomic mass is 16.5. The molecule has 0 aromatic carbocycles. The molecule has 2 atom stereocenters. The first kappa shape index (κ1) is 16.3. The third-order valence-electron chi connectivity index (χ3n) is 4.98. The van der Waals surface area contributed by atoms with Crippen LogP contribution in [-0.4, -0.2) is 48.8 Å². The van der Waals surface area contributed by atoms with Gasteiger partial charge in [-0.2, -0.15) is 0 Å². The molecule has 1 heterocycles. The largest absolute Gasteiger partial charge is 0.377 e. The summed E-state index contributed by atoms with van der Waals surface area (Å²) < 4.78 is 5.79. The van der Waals surface area contributed by atoms with Crippen molar-refractivity contribution >= 4 is 0 Å². The van der Waals surface area contributed by atoms with Crippen LogP contribution in [0, 0.1) is 11.3 Å². The minimum absolute atomic E-state index is 0.315. The molecule has 0 radical (unpaired) electrons. The van der Waals surface area contributed by atoms with Crippen molar-refractivity contribution in [2.45, 2.75) is 72.1 Å². The lowest BCUT2D eigenvalue weighted by Crippen LogP contribution is -2.67. The fourth-order valence-corrected chi connectivity index (χ4v) is 3.54. The SMILES string of the molecule is CC(C)OCCN1CC(C)(C2CC2)NCC1C(C)(C)C. The number of rotatable bonds is 5. The van der Waals surface area contributed by atoms with Crippen LogP contribution in [0.5, 0.6) is 0 Å². The van der Waals surface area contributed by atoms with Gasteiger partial charge in [0.25, 0.3) is 0 Å². The minimum atomic E-state index is 0.315. The summed E-state index contributed by atoms with van der Waals surface area (Å²) in [5, 5.41) is 3.86. The second kappa shape index (κ2) is 5.94. The van der Waals surface area contributed by atoms with Gasteiger partial charge in [-0.25, -0.2) is 0 Å². The van der Waals surface area contributed by atoms with Gasteiger partial charge in [-0.05, 0) is 44.9 Å². The zero-order chi connectivity index (χ0) is 15.0. The minimum Gasteiger partial charge on any atom is -0.377 e. The molecule has 1 aliphatic heterocycles. The molecule has 1 saturated carbocycles. The van der Waals surface area contributed by atoms with Gasteiger partial charge >= 0.3 is 0 Å². The second-order valence-corrected chi connectivity index (χ2v) is 8.34. The summed E-state index contributed by atoms with van der Waals surface area (Å²) in [6.07, 6.45) is 3.14. The first-order valence-electron chi connectivity index (χ1n) is 8.33. The summed E-state index contributed by atoms with van der Waals surface area (Å²) in [5.41, 5.74) is 0.634. The van der Waals surface area contributed by atoms with E-state index in [9.17, 15) is 0 Å². The standard InChI is InChI=1S/C17H34N2O/c1-13(2)20-10-9-19-12-17(6,14-7-8-14)18-11-15(19)16(3,4)5/h13-15,18H,7-12H2,1-6H3. The van der Waals surface area contributed by atoms with Crippen molar-refractivity contribution in [1.29, 1.82) is 0 Å². The molecule has 0 aromatic rings. The molecule has 20 heavy (non-hydrogen) atoms. The molecule has 1 aliphatic carbocycles. The van der Waals surface area contributed by atoms with Crippen molar-refractivity contribution in [2.75, 3.05) is 26.2 Å². The Hall–Kier alpha value is -0.120. The van der Waals surface area contributed by atoms with Gasteiger partial charge in [-0.1, -0.05) is 20.8 Å². The normalized spacial score (nSPS) is 32.9. The first-order valence-corrected chi connectivity index (χ1v) is 8.33. The Morgan fingerprint density at radius 1 is 1.30 bits per heavy atom. The van der Waals surface area contributed by atoms with Crippen LogP contribution in [0.1, 0.15) is 54.4 Å². The van der Waals surface area contributed by atoms with Gasteiger partial charge in [-0.15, -0.1) is 0 Å². The smallest absolute Gasteiger partial charge is 0.0597 e. The molecule has 0 amide bonds.